The second kappa shape index (κ2) is 5.74. The summed E-state index contributed by atoms with van der Waals surface area (Å²) in [5.41, 5.74) is 4.27. The Labute approximate surface area is 146 Å². The van der Waals surface area contributed by atoms with Crippen molar-refractivity contribution in [2.45, 2.75) is 18.9 Å². The van der Waals surface area contributed by atoms with Crippen molar-refractivity contribution >= 4 is 0 Å². The minimum atomic E-state index is 0.0600. The normalized spacial score (nSPS) is 17.5. The third kappa shape index (κ3) is 2.07. The van der Waals surface area contributed by atoms with E-state index in [4.69, 9.17) is 14.2 Å². The Morgan fingerprint density at radius 2 is 1.72 bits per heavy atom. The first-order chi connectivity index (χ1) is 12.1. The standard InChI is InChI=1S/C19H21NO5/c1-23-12-5-4-9-8-11-14-10(6-7-20-11)16(21)19(25-3)18(24-2)15(14)13(9)17(12)22/h4-5,11,20-22H,6-8H2,1-3H3/t11-/m0/s1. The highest BCUT2D eigenvalue weighted by Crippen LogP contribution is 2.57. The molecule has 2 aromatic rings. The lowest BCUT2D eigenvalue weighted by atomic mass is 9.76. The van der Waals surface area contributed by atoms with Crippen LogP contribution in [-0.2, 0) is 12.8 Å². The van der Waals surface area contributed by atoms with Crippen LogP contribution in [0.1, 0.15) is 22.7 Å². The smallest absolute Gasteiger partial charge is 0.204 e. The number of phenolic OH excluding ortho intramolecular Hbond substituents is 2. The summed E-state index contributed by atoms with van der Waals surface area (Å²) in [4.78, 5) is 0. The molecule has 0 fully saturated rings. The van der Waals surface area contributed by atoms with Gasteiger partial charge in [0, 0.05) is 22.7 Å². The van der Waals surface area contributed by atoms with Gasteiger partial charge in [-0.3, -0.25) is 0 Å². The lowest BCUT2D eigenvalue weighted by Gasteiger charge is -2.36. The fraction of sp³-hybridized carbons (Fsp3) is 0.368. The zero-order valence-corrected chi connectivity index (χ0v) is 14.5. The summed E-state index contributed by atoms with van der Waals surface area (Å²) in [6.45, 7) is 0.775. The minimum absolute atomic E-state index is 0.0600. The summed E-state index contributed by atoms with van der Waals surface area (Å²) in [7, 11) is 4.57. The van der Waals surface area contributed by atoms with E-state index < -0.39 is 0 Å². The van der Waals surface area contributed by atoms with Crippen LogP contribution in [0.5, 0.6) is 28.7 Å². The molecule has 0 radical (unpaired) electrons. The molecule has 6 nitrogen and oxygen atoms in total. The molecule has 25 heavy (non-hydrogen) atoms. The summed E-state index contributed by atoms with van der Waals surface area (Å²) >= 11 is 0. The fourth-order valence-corrected chi connectivity index (χ4v) is 4.12. The first-order valence-electron chi connectivity index (χ1n) is 8.24. The molecule has 1 aliphatic heterocycles. The molecule has 4 rings (SSSR count). The van der Waals surface area contributed by atoms with Crippen molar-refractivity contribution in [1.82, 2.24) is 5.32 Å². The molecule has 1 atom stereocenters. The Morgan fingerprint density at radius 3 is 2.40 bits per heavy atom. The number of nitrogens with one attached hydrogen (secondary N) is 1. The predicted molar refractivity (Wildman–Crippen MR) is 93.0 cm³/mol. The fourth-order valence-electron chi connectivity index (χ4n) is 4.12. The first kappa shape index (κ1) is 15.9. The van der Waals surface area contributed by atoms with E-state index in [-0.39, 0.29) is 17.5 Å². The SMILES string of the molecule is COc1ccc2c(c1O)-c1c(OC)c(OC)c(O)c3c1[C@H](C2)NCC3. The molecule has 0 saturated carbocycles. The van der Waals surface area contributed by atoms with Crippen LogP contribution in [-0.4, -0.2) is 38.1 Å². The molecular formula is C19H21NO5. The average molecular weight is 343 g/mol. The van der Waals surface area contributed by atoms with Gasteiger partial charge in [0.2, 0.25) is 5.75 Å². The number of rotatable bonds is 3. The molecule has 132 valence electrons. The van der Waals surface area contributed by atoms with Crippen LogP contribution in [0, 0.1) is 0 Å². The van der Waals surface area contributed by atoms with Crippen molar-refractivity contribution in [3.63, 3.8) is 0 Å². The van der Waals surface area contributed by atoms with E-state index in [1.54, 1.807) is 6.07 Å². The van der Waals surface area contributed by atoms with Gasteiger partial charge in [0.05, 0.1) is 21.3 Å². The van der Waals surface area contributed by atoms with Gasteiger partial charge in [-0.2, -0.15) is 0 Å². The number of aromatic hydroxyl groups is 2. The van der Waals surface area contributed by atoms with Gasteiger partial charge in [-0.05, 0) is 36.6 Å². The maximum Gasteiger partial charge on any atom is 0.204 e. The third-order valence-corrected chi connectivity index (χ3v) is 5.17. The average Bonchev–Trinajstić information content (AvgIpc) is 2.63. The summed E-state index contributed by atoms with van der Waals surface area (Å²) in [5.74, 6) is 1.33. The topological polar surface area (TPSA) is 80.2 Å². The van der Waals surface area contributed by atoms with Gasteiger partial charge < -0.3 is 29.7 Å². The zero-order chi connectivity index (χ0) is 17.7. The maximum absolute atomic E-state index is 10.8. The van der Waals surface area contributed by atoms with Crippen LogP contribution >= 0.6 is 0 Å². The number of ether oxygens (including phenoxy) is 3. The van der Waals surface area contributed by atoms with Gasteiger partial charge in [-0.1, -0.05) is 6.07 Å². The van der Waals surface area contributed by atoms with Gasteiger partial charge in [0.25, 0.3) is 0 Å². The molecule has 0 amide bonds. The molecule has 0 saturated heterocycles. The minimum Gasteiger partial charge on any atom is -0.504 e. The molecule has 1 heterocycles. The Morgan fingerprint density at radius 1 is 0.960 bits per heavy atom. The predicted octanol–water partition coefficient (Wildman–Crippen LogP) is 2.53. The van der Waals surface area contributed by atoms with E-state index in [0.29, 0.717) is 29.2 Å². The first-order valence-corrected chi connectivity index (χ1v) is 8.24. The van der Waals surface area contributed by atoms with Gasteiger partial charge in [0.1, 0.15) is 0 Å². The van der Waals surface area contributed by atoms with Crippen molar-refractivity contribution in [1.29, 1.82) is 0 Å². The zero-order valence-electron chi connectivity index (χ0n) is 14.5. The van der Waals surface area contributed by atoms with Gasteiger partial charge in [-0.25, -0.2) is 0 Å². The highest BCUT2D eigenvalue weighted by atomic mass is 16.5. The van der Waals surface area contributed by atoms with E-state index in [2.05, 4.69) is 5.32 Å². The molecule has 2 aliphatic rings. The highest BCUT2D eigenvalue weighted by molar-refractivity contribution is 5.90. The Kier molecular flexibility index (Phi) is 3.65. The van der Waals surface area contributed by atoms with Crippen molar-refractivity contribution in [2.75, 3.05) is 27.9 Å². The number of hydrogen-bond donors (Lipinski definition) is 3. The quantitative estimate of drug-likeness (QED) is 0.795. The molecule has 2 aromatic carbocycles. The molecule has 1 aliphatic carbocycles. The van der Waals surface area contributed by atoms with Crippen LogP contribution < -0.4 is 19.5 Å². The number of benzene rings is 2. The van der Waals surface area contributed by atoms with E-state index in [1.165, 1.54) is 21.3 Å². The van der Waals surface area contributed by atoms with Gasteiger partial charge in [0.15, 0.2) is 23.0 Å². The summed E-state index contributed by atoms with van der Waals surface area (Å²) in [6, 6.07) is 3.79. The van der Waals surface area contributed by atoms with Crippen LogP contribution in [0.2, 0.25) is 0 Å². The molecule has 0 bridgehead atoms. The van der Waals surface area contributed by atoms with Crippen molar-refractivity contribution < 1.29 is 24.4 Å². The van der Waals surface area contributed by atoms with Crippen molar-refractivity contribution in [3.05, 3.63) is 28.8 Å². The van der Waals surface area contributed by atoms with Crippen molar-refractivity contribution in [3.8, 4) is 39.9 Å². The molecule has 0 aromatic heterocycles. The third-order valence-electron chi connectivity index (χ3n) is 5.17. The van der Waals surface area contributed by atoms with E-state index >= 15 is 0 Å². The summed E-state index contributed by atoms with van der Waals surface area (Å²) < 4.78 is 16.3. The number of methoxy groups -OCH3 is 3. The Bertz CT molecular complexity index is 862. The second-order valence-electron chi connectivity index (χ2n) is 6.29. The Hall–Kier alpha value is -2.60. The largest absolute Gasteiger partial charge is 0.504 e. The molecule has 0 unspecified atom stereocenters. The van der Waals surface area contributed by atoms with Gasteiger partial charge in [-0.15, -0.1) is 0 Å². The lowest BCUT2D eigenvalue weighted by Crippen LogP contribution is -2.34. The summed E-state index contributed by atoms with van der Waals surface area (Å²) in [6.07, 6.45) is 1.41. The molecule has 6 heteroatoms. The highest BCUT2D eigenvalue weighted by Gasteiger charge is 2.38. The molecule has 3 N–H and O–H groups in total. The van der Waals surface area contributed by atoms with E-state index in [9.17, 15) is 10.2 Å². The monoisotopic (exact) mass is 343 g/mol. The van der Waals surface area contributed by atoms with Crippen LogP contribution in [0.3, 0.4) is 0 Å². The van der Waals surface area contributed by atoms with Crippen LogP contribution in [0.4, 0.5) is 0 Å². The van der Waals surface area contributed by atoms with Crippen LogP contribution in [0.25, 0.3) is 11.1 Å². The number of fused-ring (bicyclic) bond motifs is 2. The summed E-state index contributed by atoms with van der Waals surface area (Å²) in [5, 5.41) is 25.0. The number of phenols is 2. The molecule has 0 spiro atoms. The molecular weight excluding hydrogens is 322 g/mol. The second-order valence-corrected chi connectivity index (χ2v) is 6.29. The van der Waals surface area contributed by atoms with E-state index in [0.717, 1.165) is 35.2 Å². The maximum atomic E-state index is 10.8. The lowest BCUT2D eigenvalue weighted by molar-refractivity contribution is 0.327. The van der Waals surface area contributed by atoms with Gasteiger partial charge >= 0.3 is 0 Å². The van der Waals surface area contributed by atoms with E-state index in [1.807, 2.05) is 6.07 Å². The van der Waals surface area contributed by atoms with Crippen molar-refractivity contribution in [2.24, 2.45) is 0 Å². The Balaban J connectivity index is 2.15. The van der Waals surface area contributed by atoms with Crippen LogP contribution in [0.15, 0.2) is 12.1 Å². The number of hydrogen-bond acceptors (Lipinski definition) is 6.